The molecule has 0 fully saturated rings. The lowest BCUT2D eigenvalue weighted by Gasteiger charge is -2.18. The fraction of sp³-hybridized carbons (Fsp3) is 0.222. The summed E-state index contributed by atoms with van der Waals surface area (Å²) in [4.78, 5) is 72.0. The van der Waals surface area contributed by atoms with Gasteiger partial charge in [0.15, 0.2) is 11.4 Å². The van der Waals surface area contributed by atoms with Crippen molar-refractivity contribution in [3.63, 3.8) is 0 Å². The van der Waals surface area contributed by atoms with E-state index in [2.05, 4.69) is 4.98 Å². The Bertz CT molecular complexity index is 3800. The van der Waals surface area contributed by atoms with Crippen LogP contribution in [-0.2, 0) is 31.8 Å². The SMILES string of the molecule is CCOC(=O)C1=C(C)/C(=C(/c2[nH]c(C)c(C(=O)OCC)c2C)c2c(C)cc(OC(=O)Cn3c(=O)c4ccc5oc6ccc(-c7ccc(C(F)(F)F)cc7)cc6c6ccc(c3=O)c4c56)cc2C)[N+](B(F)F)=C1C. The third kappa shape index (κ3) is 8.03. The van der Waals surface area contributed by atoms with Crippen LogP contribution in [0.2, 0.25) is 0 Å². The maximum atomic E-state index is 15.3. The molecule has 0 atom stereocenters. The summed E-state index contributed by atoms with van der Waals surface area (Å²) in [5.41, 5.74) is 2.52. The molecule has 18 heteroatoms. The lowest BCUT2D eigenvalue weighted by molar-refractivity contribution is -0.343. The molecule has 1 aliphatic heterocycles. The van der Waals surface area contributed by atoms with Gasteiger partial charge in [-0.2, -0.15) is 13.2 Å². The third-order valence-electron chi connectivity index (χ3n) is 13.2. The number of hydrogen-bond acceptors (Lipinski definition) is 9. The molecular weight excluding hydrogens is 940 g/mol. The minimum absolute atomic E-state index is 0.00225. The molecule has 12 nitrogen and oxygen atoms in total. The normalized spacial score (nSPS) is 13.8. The summed E-state index contributed by atoms with van der Waals surface area (Å²) in [6.07, 6.45) is -4.50. The van der Waals surface area contributed by atoms with Crippen molar-refractivity contribution in [2.24, 2.45) is 0 Å². The van der Waals surface area contributed by atoms with Crippen molar-refractivity contribution >= 4 is 80.1 Å². The second kappa shape index (κ2) is 18.2. The molecule has 0 unspecified atom stereocenters. The van der Waals surface area contributed by atoms with Gasteiger partial charge in [-0.15, -0.1) is 0 Å². The monoisotopic (exact) mass is 984 g/mol. The molecule has 0 saturated heterocycles. The zero-order valence-electron chi connectivity index (χ0n) is 40.2. The number of aromatic amines is 1. The average molecular weight is 985 g/mol. The first-order chi connectivity index (χ1) is 34.2. The maximum Gasteiger partial charge on any atom is 0.934 e. The van der Waals surface area contributed by atoms with Gasteiger partial charge in [0.1, 0.15) is 29.0 Å². The summed E-state index contributed by atoms with van der Waals surface area (Å²) in [7, 11) is -3.12. The van der Waals surface area contributed by atoms with Crippen LogP contribution < -0.4 is 15.9 Å². The second-order valence-electron chi connectivity index (χ2n) is 17.5. The standard InChI is InChI=1S/C54H43BF5N3O9/c1-9-69-52(67)43-27(5)48(61-29(43)7)47(49-28(6)44(53(68)70-10-2)30(8)63(49)55(59)60)42-25(3)21-34(22-26(42)4)71-41(64)24-62-50(65)36-17-16-35-38-23-32(31-11-14-33(15-12-31)54(56,57)58)13-19-39(38)72-40-20-18-37(51(62)66)45(36)46(35)40/h11-23H,9-10,24H2,1-8H3/p+1. The lowest BCUT2D eigenvalue weighted by Crippen LogP contribution is -2.37. The highest BCUT2D eigenvalue weighted by molar-refractivity contribution is 6.37. The number of nitrogens with one attached hydrogen (secondary N) is 1. The molecule has 1 aliphatic rings. The smallest absolute Gasteiger partial charge is 0.462 e. The number of fused-ring (bicyclic) bond motifs is 2. The number of aromatic nitrogens is 2. The first-order valence-electron chi connectivity index (χ1n) is 22.8. The zero-order chi connectivity index (χ0) is 51.8. The van der Waals surface area contributed by atoms with Crippen molar-refractivity contribution in [3.8, 4) is 16.9 Å². The van der Waals surface area contributed by atoms with Gasteiger partial charge in [-0.25, -0.2) is 27.5 Å². The number of hydrogen-bond donors (Lipinski definition) is 1. The highest BCUT2D eigenvalue weighted by Gasteiger charge is 2.50. The van der Waals surface area contributed by atoms with Crippen molar-refractivity contribution in [1.82, 2.24) is 9.55 Å². The number of H-pyrrole nitrogens is 1. The van der Waals surface area contributed by atoms with Crippen LogP contribution >= 0.6 is 0 Å². The Morgan fingerprint density at radius 2 is 1.29 bits per heavy atom. The Morgan fingerprint density at radius 1 is 0.708 bits per heavy atom. The van der Waals surface area contributed by atoms with E-state index in [9.17, 15) is 37.1 Å². The molecule has 0 radical (unpaired) electrons. The molecule has 366 valence electrons. The minimum Gasteiger partial charge on any atom is -0.462 e. The summed E-state index contributed by atoms with van der Waals surface area (Å²) < 4.78 is 94.7. The summed E-state index contributed by atoms with van der Waals surface area (Å²) >= 11 is 0. The van der Waals surface area contributed by atoms with E-state index >= 15 is 8.63 Å². The van der Waals surface area contributed by atoms with Gasteiger partial charge >= 0.3 is 31.5 Å². The zero-order valence-corrected chi connectivity index (χ0v) is 40.2. The van der Waals surface area contributed by atoms with Gasteiger partial charge in [-0.1, -0.05) is 24.3 Å². The summed E-state index contributed by atoms with van der Waals surface area (Å²) in [5.74, 6) is -2.38. The average Bonchev–Trinajstić information content (AvgIpc) is 3.77. The molecule has 0 saturated carbocycles. The number of halogens is 5. The highest BCUT2D eigenvalue weighted by atomic mass is 19.4. The van der Waals surface area contributed by atoms with Crippen molar-refractivity contribution < 1.29 is 59.3 Å². The molecule has 3 aromatic heterocycles. The Labute approximate surface area is 407 Å². The topological polar surface area (TPSA) is 150 Å². The molecule has 1 N–H and O–H groups in total. The largest absolute Gasteiger partial charge is 0.934 e. The van der Waals surface area contributed by atoms with Gasteiger partial charge in [-0.05, 0) is 142 Å². The number of allylic oxidation sites excluding steroid dienone is 1. The van der Waals surface area contributed by atoms with E-state index in [1.165, 1.54) is 44.2 Å². The number of carbonyl (C=O) groups excluding carboxylic acids is 3. The van der Waals surface area contributed by atoms with Gasteiger partial charge in [0.05, 0.1) is 35.6 Å². The van der Waals surface area contributed by atoms with Gasteiger partial charge < -0.3 is 23.6 Å². The van der Waals surface area contributed by atoms with E-state index in [0.717, 1.165) is 21.2 Å². The molecule has 72 heavy (non-hydrogen) atoms. The Morgan fingerprint density at radius 3 is 1.90 bits per heavy atom. The number of aryl methyl sites for hydroxylation is 3. The van der Waals surface area contributed by atoms with Crippen LogP contribution in [0.25, 0.3) is 60.2 Å². The Kier molecular flexibility index (Phi) is 12.4. The van der Waals surface area contributed by atoms with E-state index in [1.54, 1.807) is 77.9 Å². The van der Waals surface area contributed by atoms with Gasteiger partial charge in [0.2, 0.25) is 0 Å². The Balaban J connectivity index is 1.10. The summed E-state index contributed by atoms with van der Waals surface area (Å²) in [6, 6.07) is 19.3. The second-order valence-corrected chi connectivity index (χ2v) is 17.5. The number of nitrogens with zero attached hydrogens (tertiary/aromatic N) is 2. The van der Waals surface area contributed by atoms with Crippen LogP contribution in [0.4, 0.5) is 21.8 Å². The number of pyridine rings is 1. The molecule has 9 rings (SSSR count). The molecule has 4 heterocycles. The van der Waals surface area contributed by atoms with Crippen LogP contribution in [-0.4, -0.2) is 58.3 Å². The van der Waals surface area contributed by atoms with Crippen LogP contribution in [0.15, 0.2) is 110 Å². The summed E-state index contributed by atoms with van der Waals surface area (Å²) in [5, 5.41) is 2.23. The maximum absolute atomic E-state index is 15.3. The minimum atomic E-state index is -4.50. The number of alkyl halides is 3. The van der Waals surface area contributed by atoms with E-state index < -0.39 is 54.7 Å². The number of benzene rings is 5. The van der Waals surface area contributed by atoms with Crippen molar-refractivity contribution in [2.45, 2.75) is 68.1 Å². The van der Waals surface area contributed by atoms with Crippen molar-refractivity contribution in [3.05, 3.63) is 161 Å². The first-order valence-corrected chi connectivity index (χ1v) is 22.8. The highest BCUT2D eigenvalue weighted by Crippen LogP contribution is 2.43. The number of ether oxygens (including phenoxy) is 3. The number of rotatable bonds is 11. The predicted octanol–water partition coefficient (Wildman–Crippen LogP) is 10.9. The van der Waals surface area contributed by atoms with Crippen LogP contribution in [0, 0.1) is 27.7 Å². The molecule has 5 aromatic carbocycles. The van der Waals surface area contributed by atoms with Crippen LogP contribution in [0.3, 0.4) is 0 Å². The van der Waals surface area contributed by atoms with Crippen molar-refractivity contribution in [2.75, 3.05) is 13.2 Å². The number of carbonyl (C=O) groups is 3. The first kappa shape index (κ1) is 48.9. The fourth-order valence-corrected chi connectivity index (χ4v) is 10.1. The molecule has 0 bridgehead atoms. The fourth-order valence-electron chi connectivity index (χ4n) is 10.1. The molecule has 0 amide bonds. The third-order valence-corrected chi connectivity index (χ3v) is 13.2. The van der Waals surface area contributed by atoms with E-state index in [-0.39, 0.29) is 63.4 Å². The van der Waals surface area contributed by atoms with E-state index in [1.807, 2.05) is 0 Å². The molecular formula is C54H44BF5N3O9+. The summed E-state index contributed by atoms with van der Waals surface area (Å²) in [6.45, 7) is 12.1. The van der Waals surface area contributed by atoms with E-state index in [4.69, 9.17) is 18.6 Å². The molecule has 0 spiro atoms. The van der Waals surface area contributed by atoms with Gasteiger partial charge in [0, 0.05) is 45.1 Å². The van der Waals surface area contributed by atoms with Crippen LogP contribution in [0.1, 0.15) is 77.3 Å². The number of esters is 3. The van der Waals surface area contributed by atoms with Crippen molar-refractivity contribution in [1.29, 1.82) is 0 Å². The quantitative estimate of drug-likeness (QED) is 0.0334. The predicted molar refractivity (Wildman–Crippen MR) is 263 cm³/mol. The molecule has 0 aliphatic carbocycles. The van der Waals surface area contributed by atoms with E-state index in [0.29, 0.717) is 77.5 Å². The lowest BCUT2D eigenvalue weighted by atomic mass is 9.87. The van der Waals surface area contributed by atoms with Crippen LogP contribution in [0.5, 0.6) is 5.75 Å². The van der Waals surface area contributed by atoms with Gasteiger partial charge in [0.25, 0.3) is 11.1 Å². The molecule has 8 aromatic rings. The van der Waals surface area contributed by atoms with Gasteiger partial charge in [-0.3, -0.25) is 14.2 Å². The Hall–Kier alpha value is -8.15.